The molecule has 21 heavy (non-hydrogen) atoms. The summed E-state index contributed by atoms with van der Waals surface area (Å²) in [7, 11) is -2.47. The average Bonchev–Trinajstić information content (AvgIpc) is 2.35. The first kappa shape index (κ1) is 17.9. The van der Waals surface area contributed by atoms with Gasteiger partial charge in [0, 0.05) is 25.2 Å². The minimum Gasteiger partial charge on any atom is -0.258 e. The molecule has 0 bridgehead atoms. The van der Waals surface area contributed by atoms with Crippen molar-refractivity contribution in [2.24, 2.45) is 5.41 Å². The summed E-state index contributed by atoms with van der Waals surface area (Å²) in [6.45, 7) is 7.53. The minimum absolute atomic E-state index is 0.0337. The van der Waals surface area contributed by atoms with Crippen molar-refractivity contribution in [3.63, 3.8) is 0 Å². The predicted octanol–water partition coefficient (Wildman–Crippen LogP) is 3.30. The first-order valence-electron chi connectivity index (χ1n) is 6.31. The summed E-state index contributed by atoms with van der Waals surface area (Å²) in [6, 6.07) is 3.08. The Bertz CT molecular complexity index is 653. The van der Waals surface area contributed by atoms with E-state index in [4.69, 9.17) is 11.6 Å². The van der Waals surface area contributed by atoms with Crippen LogP contribution in [0.15, 0.2) is 23.1 Å². The molecule has 1 rings (SSSR count). The molecule has 0 fully saturated rings. The Hall–Kier alpha value is -1.18. The van der Waals surface area contributed by atoms with E-state index in [1.165, 1.54) is 23.5 Å². The molecule has 0 aromatic heterocycles. The van der Waals surface area contributed by atoms with Crippen LogP contribution in [-0.4, -0.2) is 30.7 Å². The zero-order valence-corrected chi connectivity index (χ0v) is 14.2. The SMILES string of the molecule is CC(N(C)S(=O)(=O)c1cc([N+](=O)[O-])ccc1Cl)C(C)(C)C. The Kier molecular flexibility index (Phi) is 5.02. The summed E-state index contributed by atoms with van der Waals surface area (Å²) in [4.78, 5) is 9.91. The Labute approximate surface area is 129 Å². The van der Waals surface area contributed by atoms with Gasteiger partial charge in [-0.3, -0.25) is 10.1 Å². The number of nitro benzene ring substituents is 1. The van der Waals surface area contributed by atoms with Gasteiger partial charge in [0.25, 0.3) is 5.69 Å². The van der Waals surface area contributed by atoms with Crippen LogP contribution in [0.25, 0.3) is 0 Å². The van der Waals surface area contributed by atoms with Crippen LogP contribution in [0.1, 0.15) is 27.7 Å². The molecule has 0 aliphatic carbocycles. The lowest BCUT2D eigenvalue weighted by Gasteiger charge is -2.34. The molecule has 0 saturated heterocycles. The van der Waals surface area contributed by atoms with Crippen molar-refractivity contribution in [3.8, 4) is 0 Å². The summed E-state index contributed by atoms with van der Waals surface area (Å²) >= 11 is 5.92. The lowest BCUT2D eigenvalue weighted by molar-refractivity contribution is -0.385. The Morgan fingerprint density at radius 3 is 2.29 bits per heavy atom. The molecule has 0 amide bonds. The van der Waals surface area contributed by atoms with E-state index in [1.54, 1.807) is 6.92 Å². The molecule has 0 aliphatic rings. The number of halogens is 1. The Morgan fingerprint density at radius 2 is 1.86 bits per heavy atom. The molecule has 1 aromatic carbocycles. The third kappa shape index (κ3) is 3.72. The van der Waals surface area contributed by atoms with Gasteiger partial charge >= 0.3 is 0 Å². The van der Waals surface area contributed by atoms with Gasteiger partial charge in [-0.25, -0.2) is 8.42 Å². The molecule has 0 heterocycles. The molecule has 6 nitrogen and oxygen atoms in total. The smallest absolute Gasteiger partial charge is 0.258 e. The number of sulfonamides is 1. The summed E-state index contributed by atoms with van der Waals surface area (Å²) in [6.07, 6.45) is 0. The molecule has 0 aliphatic heterocycles. The van der Waals surface area contributed by atoms with Crippen LogP contribution in [0.4, 0.5) is 5.69 Å². The van der Waals surface area contributed by atoms with Gasteiger partial charge in [-0.1, -0.05) is 32.4 Å². The Balaban J connectivity index is 3.37. The molecule has 1 atom stereocenters. The van der Waals surface area contributed by atoms with Crippen molar-refractivity contribution in [2.45, 2.75) is 38.6 Å². The maximum absolute atomic E-state index is 12.6. The van der Waals surface area contributed by atoms with Gasteiger partial charge in [0.05, 0.1) is 9.95 Å². The standard InChI is InChI=1S/C13H19ClN2O4S/c1-9(13(2,3)4)15(5)21(19,20)12-8-10(16(17)18)6-7-11(12)14/h6-9H,1-5H3. The summed E-state index contributed by atoms with van der Waals surface area (Å²) < 4.78 is 26.5. The van der Waals surface area contributed by atoms with E-state index in [9.17, 15) is 18.5 Å². The summed E-state index contributed by atoms with van der Waals surface area (Å²) in [5.74, 6) is 0. The highest BCUT2D eigenvalue weighted by atomic mass is 35.5. The van der Waals surface area contributed by atoms with Gasteiger partial charge in [0.1, 0.15) is 4.90 Å². The monoisotopic (exact) mass is 334 g/mol. The van der Waals surface area contributed by atoms with Gasteiger partial charge in [-0.15, -0.1) is 0 Å². The second-order valence-corrected chi connectivity index (χ2v) is 8.31. The second kappa shape index (κ2) is 5.90. The van der Waals surface area contributed by atoms with Crippen LogP contribution in [0.3, 0.4) is 0 Å². The van der Waals surface area contributed by atoms with Crippen molar-refractivity contribution in [2.75, 3.05) is 7.05 Å². The fourth-order valence-corrected chi connectivity index (χ4v) is 3.75. The van der Waals surface area contributed by atoms with E-state index in [2.05, 4.69) is 0 Å². The van der Waals surface area contributed by atoms with Gasteiger partial charge in [-0.05, 0) is 18.4 Å². The maximum Gasteiger partial charge on any atom is 0.270 e. The molecule has 1 unspecified atom stereocenters. The zero-order chi connectivity index (χ0) is 16.6. The number of benzene rings is 1. The van der Waals surface area contributed by atoms with Crippen LogP contribution in [0.5, 0.6) is 0 Å². The van der Waals surface area contributed by atoms with Crippen LogP contribution < -0.4 is 0 Å². The van der Waals surface area contributed by atoms with Crippen molar-refractivity contribution < 1.29 is 13.3 Å². The molecule has 0 radical (unpaired) electrons. The molecule has 0 N–H and O–H groups in total. The van der Waals surface area contributed by atoms with Crippen molar-refractivity contribution in [3.05, 3.63) is 33.3 Å². The average molecular weight is 335 g/mol. The first-order valence-corrected chi connectivity index (χ1v) is 8.13. The quantitative estimate of drug-likeness (QED) is 0.625. The maximum atomic E-state index is 12.6. The van der Waals surface area contributed by atoms with Crippen molar-refractivity contribution in [1.82, 2.24) is 4.31 Å². The van der Waals surface area contributed by atoms with E-state index in [1.807, 2.05) is 20.8 Å². The molecular weight excluding hydrogens is 316 g/mol. The number of hydrogen-bond acceptors (Lipinski definition) is 4. The minimum atomic E-state index is -3.91. The number of nitrogens with zero attached hydrogens (tertiary/aromatic N) is 2. The molecule has 1 aromatic rings. The first-order chi connectivity index (χ1) is 9.39. The van der Waals surface area contributed by atoms with Crippen LogP contribution in [-0.2, 0) is 10.0 Å². The normalized spacial score (nSPS) is 14.2. The van der Waals surface area contributed by atoms with Crippen molar-refractivity contribution in [1.29, 1.82) is 0 Å². The number of non-ortho nitro benzene ring substituents is 1. The predicted molar refractivity (Wildman–Crippen MR) is 82.0 cm³/mol. The number of rotatable bonds is 4. The molecule has 8 heteroatoms. The van der Waals surface area contributed by atoms with Gasteiger partial charge in [-0.2, -0.15) is 4.31 Å². The lowest BCUT2D eigenvalue weighted by atomic mass is 9.88. The summed E-state index contributed by atoms with van der Waals surface area (Å²) in [5, 5.41) is 10.8. The van der Waals surface area contributed by atoms with E-state index in [0.29, 0.717) is 0 Å². The highest BCUT2D eigenvalue weighted by Gasteiger charge is 2.34. The Morgan fingerprint density at radius 1 is 1.33 bits per heavy atom. The van der Waals surface area contributed by atoms with E-state index in [-0.39, 0.29) is 27.1 Å². The van der Waals surface area contributed by atoms with E-state index in [0.717, 1.165) is 6.07 Å². The topological polar surface area (TPSA) is 80.5 Å². The van der Waals surface area contributed by atoms with Crippen LogP contribution >= 0.6 is 11.6 Å². The summed E-state index contributed by atoms with van der Waals surface area (Å²) in [5.41, 5.74) is -0.593. The fourth-order valence-electron chi connectivity index (χ4n) is 1.71. The number of nitro groups is 1. The zero-order valence-electron chi connectivity index (χ0n) is 12.6. The second-order valence-electron chi connectivity index (χ2n) is 5.94. The largest absolute Gasteiger partial charge is 0.270 e. The van der Waals surface area contributed by atoms with Crippen molar-refractivity contribution >= 4 is 27.3 Å². The van der Waals surface area contributed by atoms with E-state index >= 15 is 0 Å². The van der Waals surface area contributed by atoms with Crippen LogP contribution in [0.2, 0.25) is 5.02 Å². The molecule has 0 spiro atoms. The van der Waals surface area contributed by atoms with Gasteiger partial charge < -0.3 is 0 Å². The van der Waals surface area contributed by atoms with Gasteiger partial charge in [0.2, 0.25) is 10.0 Å². The number of hydrogen-bond donors (Lipinski definition) is 0. The molecule has 0 saturated carbocycles. The lowest BCUT2D eigenvalue weighted by Crippen LogP contribution is -2.42. The highest BCUT2D eigenvalue weighted by molar-refractivity contribution is 7.89. The van der Waals surface area contributed by atoms with Crippen LogP contribution in [0, 0.1) is 15.5 Å². The van der Waals surface area contributed by atoms with E-state index < -0.39 is 14.9 Å². The fraction of sp³-hybridized carbons (Fsp3) is 0.538. The molecular formula is C13H19ClN2O4S. The highest BCUT2D eigenvalue weighted by Crippen LogP contribution is 2.32. The third-order valence-corrected chi connectivity index (χ3v) is 5.99. The third-order valence-electron chi connectivity index (χ3n) is 3.58. The molecule has 118 valence electrons. The van der Waals surface area contributed by atoms with Gasteiger partial charge in [0.15, 0.2) is 0 Å².